The first kappa shape index (κ1) is 23.0. The summed E-state index contributed by atoms with van der Waals surface area (Å²) in [5.74, 6) is 3.27. The van der Waals surface area contributed by atoms with Gasteiger partial charge >= 0.3 is 18.9 Å². The molecule has 30 heavy (non-hydrogen) atoms. The van der Waals surface area contributed by atoms with E-state index in [1.54, 1.807) is 14.2 Å². The summed E-state index contributed by atoms with van der Waals surface area (Å²) in [6.07, 6.45) is 13.4. The molecule has 1 aliphatic heterocycles. The summed E-state index contributed by atoms with van der Waals surface area (Å²) in [7, 11) is 3.42. The van der Waals surface area contributed by atoms with Crippen LogP contribution in [0, 0.1) is 12.3 Å². The molecule has 0 bridgehead atoms. The van der Waals surface area contributed by atoms with E-state index in [2.05, 4.69) is 25.0 Å². The molecule has 1 saturated heterocycles. The van der Waals surface area contributed by atoms with E-state index in [1.807, 2.05) is 12.1 Å². The first-order valence-electron chi connectivity index (χ1n) is 10.4. The van der Waals surface area contributed by atoms with E-state index in [0.717, 1.165) is 54.4 Å². The van der Waals surface area contributed by atoms with Gasteiger partial charge in [-0.25, -0.2) is 0 Å². The van der Waals surface area contributed by atoms with Crippen molar-refractivity contribution in [2.75, 3.05) is 27.4 Å². The van der Waals surface area contributed by atoms with E-state index in [9.17, 15) is 0 Å². The van der Waals surface area contributed by atoms with E-state index in [4.69, 9.17) is 25.4 Å². The second kappa shape index (κ2) is 9.25. The molecule has 1 aliphatic carbocycles. The second-order valence-electron chi connectivity index (χ2n) is 8.37. The van der Waals surface area contributed by atoms with Crippen LogP contribution in [0.5, 0.6) is 11.5 Å². The average molecular weight is 400 g/mol. The van der Waals surface area contributed by atoms with Gasteiger partial charge in [0, 0.05) is 17.2 Å². The van der Waals surface area contributed by atoms with Crippen molar-refractivity contribution in [1.29, 1.82) is 0 Å². The summed E-state index contributed by atoms with van der Waals surface area (Å²) in [4.78, 5) is 0. The van der Waals surface area contributed by atoms with E-state index in [-0.39, 0.29) is 24.3 Å². The molecule has 2 aliphatic rings. The van der Waals surface area contributed by atoms with Crippen molar-refractivity contribution in [3.05, 3.63) is 41.8 Å². The maximum Gasteiger partial charge on any atom is 1.00 e. The average Bonchev–Trinajstić information content (AvgIpc) is 2.77. The summed E-state index contributed by atoms with van der Waals surface area (Å²) in [6.45, 7) is 3.57. The molecule has 0 spiro atoms. The predicted molar refractivity (Wildman–Crippen MR) is 113 cm³/mol. The zero-order valence-corrected chi connectivity index (χ0v) is 18.6. The maximum atomic E-state index is 7.75. The molecule has 0 amide bonds. The van der Waals surface area contributed by atoms with Crippen molar-refractivity contribution in [3.8, 4) is 17.4 Å². The number of hydrogen-bond acceptors (Lipinski definition) is 4. The Morgan fingerprint density at radius 3 is 2.23 bits per heavy atom. The fraction of sp³-hybridized carbons (Fsp3) is 0.520. The van der Waals surface area contributed by atoms with E-state index in [0.29, 0.717) is 19.6 Å². The molecular formula is C25H29LiO4. The summed E-state index contributed by atoms with van der Waals surface area (Å²) in [5.41, 5.74) is 2.72. The molecule has 1 atom stereocenters. The molecule has 4 rings (SSSR count). The van der Waals surface area contributed by atoms with Crippen LogP contribution in [0.3, 0.4) is 0 Å². The normalized spacial score (nSPS) is 22.5. The molecule has 0 radical (unpaired) electrons. The van der Waals surface area contributed by atoms with Crippen molar-refractivity contribution in [1.82, 2.24) is 0 Å². The molecule has 0 unspecified atom stereocenters. The molecule has 5 heteroatoms. The third-order valence-electron chi connectivity index (χ3n) is 6.58. The number of aryl methyl sites for hydroxylation is 1. The third-order valence-corrected chi connectivity index (χ3v) is 6.58. The van der Waals surface area contributed by atoms with Crippen LogP contribution in [0.4, 0.5) is 0 Å². The molecule has 154 valence electrons. The van der Waals surface area contributed by atoms with Gasteiger partial charge < -0.3 is 25.4 Å². The van der Waals surface area contributed by atoms with Crippen LogP contribution >= 0.6 is 0 Å². The van der Waals surface area contributed by atoms with E-state index in [1.165, 1.54) is 11.1 Å². The van der Waals surface area contributed by atoms with Crippen LogP contribution < -0.4 is 28.3 Å². The maximum absolute atomic E-state index is 7.75. The van der Waals surface area contributed by atoms with Gasteiger partial charge in [0.25, 0.3) is 0 Å². The molecule has 4 nitrogen and oxygen atoms in total. The standard InChI is InChI=1S/C25H29O4.Li/c1-5-25(28-14-7-15-29-25)13-12-24(2)11-6-8-18-16-19-20(17-21(18)24)23(27-4)10-9-22(19)26-3;/h9-10,16-17H,6-8,11-15H2,2-4H3;/q-1;+1/t24-;/m0./s1. The SMILES string of the molecule is [C-]#CC1(CC[C@]2(C)CCCc3cc4c(OC)ccc(OC)c4cc32)OCCCO1.[Li+]. The number of ether oxygens (including phenoxy) is 4. The summed E-state index contributed by atoms with van der Waals surface area (Å²) < 4.78 is 22.9. The van der Waals surface area contributed by atoms with Gasteiger partial charge in [-0.2, -0.15) is 0 Å². The minimum Gasteiger partial charge on any atom is -0.688 e. The van der Waals surface area contributed by atoms with Crippen molar-refractivity contribution in [3.63, 3.8) is 0 Å². The number of hydrogen-bond donors (Lipinski definition) is 0. The van der Waals surface area contributed by atoms with Gasteiger partial charge in [-0.1, -0.05) is 6.92 Å². The minimum atomic E-state index is -0.989. The van der Waals surface area contributed by atoms with Crippen molar-refractivity contribution >= 4 is 10.8 Å². The van der Waals surface area contributed by atoms with E-state index < -0.39 is 5.79 Å². The Labute approximate surface area is 191 Å². The monoisotopic (exact) mass is 400 g/mol. The van der Waals surface area contributed by atoms with Crippen LogP contribution in [0.1, 0.15) is 50.2 Å². The van der Waals surface area contributed by atoms with Crippen molar-refractivity contribution < 1.29 is 37.8 Å². The van der Waals surface area contributed by atoms with Crippen molar-refractivity contribution in [2.45, 2.75) is 56.7 Å². The zero-order chi connectivity index (χ0) is 20.5. The number of benzene rings is 2. The van der Waals surface area contributed by atoms with Crippen LogP contribution in [-0.2, 0) is 21.3 Å². The van der Waals surface area contributed by atoms with Gasteiger partial charge in [0.15, 0.2) is 5.79 Å². The predicted octanol–water partition coefficient (Wildman–Crippen LogP) is 1.96. The fourth-order valence-electron chi connectivity index (χ4n) is 4.87. The van der Waals surface area contributed by atoms with Gasteiger partial charge in [0.1, 0.15) is 11.5 Å². The third kappa shape index (κ3) is 4.10. The topological polar surface area (TPSA) is 36.9 Å². The van der Waals surface area contributed by atoms with Gasteiger partial charge in [0.2, 0.25) is 0 Å². The summed E-state index contributed by atoms with van der Waals surface area (Å²) in [6, 6.07) is 8.50. The van der Waals surface area contributed by atoms with Gasteiger partial charge in [-0.3, -0.25) is 5.92 Å². The van der Waals surface area contributed by atoms with Crippen LogP contribution in [0.15, 0.2) is 24.3 Å². The number of rotatable bonds is 5. The van der Waals surface area contributed by atoms with Gasteiger partial charge in [-0.05, 0) is 72.9 Å². The molecule has 0 saturated carbocycles. The Balaban J connectivity index is 0.00000256. The molecule has 1 heterocycles. The quantitative estimate of drug-likeness (QED) is 0.437. The Kier molecular flexibility index (Phi) is 7.11. The smallest absolute Gasteiger partial charge is 0.688 e. The summed E-state index contributed by atoms with van der Waals surface area (Å²) >= 11 is 0. The Morgan fingerprint density at radius 2 is 1.63 bits per heavy atom. The Bertz CT molecular complexity index is 942. The first-order valence-corrected chi connectivity index (χ1v) is 10.4. The van der Waals surface area contributed by atoms with Crippen LogP contribution in [0.2, 0.25) is 0 Å². The zero-order valence-electron chi connectivity index (χ0n) is 18.6. The fourth-order valence-corrected chi connectivity index (χ4v) is 4.87. The Morgan fingerprint density at radius 1 is 1.00 bits per heavy atom. The van der Waals surface area contributed by atoms with Gasteiger partial charge in [0.05, 0.1) is 27.4 Å². The first-order chi connectivity index (χ1) is 14.0. The van der Waals surface area contributed by atoms with Crippen LogP contribution in [0.25, 0.3) is 10.8 Å². The molecular weight excluding hydrogens is 371 g/mol. The molecule has 0 aromatic heterocycles. The van der Waals surface area contributed by atoms with E-state index >= 15 is 0 Å². The Hall–Kier alpha value is -1.62. The second-order valence-corrected chi connectivity index (χ2v) is 8.37. The molecule has 2 aromatic carbocycles. The minimum absolute atomic E-state index is 0. The van der Waals surface area contributed by atoms with Crippen LogP contribution in [-0.4, -0.2) is 33.2 Å². The number of methoxy groups -OCH3 is 2. The van der Waals surface area contributed by atoms with Crippen molar-refractivity contribution in [2.24, 2.45) is 0 Å². The molecule has 1 fully saturated rings. The number of fused-ring (bicyclic) bond motifs is 2. The largest absolute Gasteiger partial charge is 1.00 e. The van der Waals surface area contributed by atoms with Gasteiger partial charge in [-0.15, -0.1) is 0 Å². The molecule has 0 N–H and O–H groups in total. The summed E-state index contributed by atoms with van der Waals surface area (Å²) in [5, 5.41) is 2.18. The molecule has 2 aromatic rings.